The molecule has 0 saturated heterocycles. The molecule has 0 bridgehead atoms. The number of benzene rings is 2. The fraction of sp³-hybridized carbons (Fsp3) is 0.278. The number of likely N-dealkylation sites (N-methyl/N-ethyl adjacent to an activating group) is 1. The molecule has 0 spiro atoms. The maximum absolute atomic E-state index is 14.2. The van der Waals surface area contributed by atoms with E-state index in [1.54, 1.807) is 43.7 Å². The lowest BCUT2D eigenvalue weighted by Crippen LogP contribution is -3.06. The molecule has 0 amide bonds. The molecule has 0 fully saturated rings. The van der Waals surface area contributed by atoms with E-state index < -0.39 is 0 Å². The van der Waals surface area contributed by atoms with Gasteiger partial charge in [0.2, 0.25) is 0 Å². The molecule has 0 aliphatic heterocycles. The molecule has 0 aliphatic rings. The first-order valence-corrected chi connectivity index (χ1v) is 7.92. The summed E-state index contributed by atoms with van der Waals surface area (Å²) >= 11 is 6.17. The minimum atomic E-state index is -0.340. The van der Waals surface area contributed by atoms with Crippen LogP contribution < -0.4 is 9.64 Å². The summed E-state index contributed by atoms with van der Waals surface area (Å²) < 4.78 is 19.3. The van der Waals surface area contributed by atoms with Crippen molar-refractivity contribution in [3.8, 4) is 11.5 Å². The molecule has 2 aromatic rings. The van der Waals surface area contributed by atoms with E-state index in [1.165, 1.54) is 6.07 Å². The van der Waals surface area contributed by atoms with Crippen LogP contribution in [0.2, 0.25) is 5.02 Å². The standard InChI is InChI=1S/C18H20ClFN2O2/c1-22(2)16(18-14(19)5-4-6-15(18)20)11-21-10-12-9-13(24-3)7-8-17(12)23/h4-10,16,23H,11H2,1-3H3/p+1/t16-/m1/s1. The molecule has 1 atom stereocenters. The van der Waals surface area contributed by atoms with Gasteiger partial charge in [-0.2, -0.15) is 0 Å². The van der Waals surface area contributed by atoms with Crippen LogP contribution in [0.15, 0.2) is 41.4 Å². The lowest BCUT2D eigenvalue weighted by Gasteiger charge is -2.21. The van der Waals surface area contributed by atoms with Crippen LogP contribution in [0.4, 0.5) is 4.39 Å². The molecular weight excluding hydrogens is 331 g/mol. The van der Waals surface area contributed by atoms with Crippen molar-refractivity contribution >= 4 is 17.8 Å². The van der Waals surface area contributed by atoms with Crippen LogP contribution in [0.1, 0.15) is 17.2 Å². The van der Waals surface area contributed by atoms with Crippen molar-refractivity contribution in [2.24, 2.45) is 4.99 Å². The Balaban J connectivity index is 2.24. The number of hydrogen-bond acceptors (Lipinski definition) is 3. The summed E-state index contributed by atoms with van der Waals surface area (Å²) in [5, 5.41) is 10.3. The molecular formula is C18H21ClFN2O2+. The molecule has 0 radical (unpaired) electrons. The van der Waals surface area contributed by atoms with Crippen molar-refractivity contribution in [2.75, 3.05) is 27.7 Å². The zero-order valence-electron chi connectivity index (χ0n) is 13.9. The molecule has 2 rings (SSSR count). The van der Waals surface area contributed by atoms with Crippen LogP contribution in [0, 0.1) is 5.82 Å². The summed E-state index contributed by atoms with van der Waals surface area (Å²) in [6, 6.07) is 9.32. The van der Waals surface area contributed by atoms with Gasteiger partial charge in [-0.1, -0.05) is 17.7 Å². The molecule has 0 heterocycles. The van der Waals surface area contributed by atoms with Crippen LogP contribution in [-0.2, 0) is 0 Å². The maximum atomic E-state index is 14.2. The Kier molecular flexibility index (Phi) is 6.17. The number of methoxy groups -OCH3 is 1. The SMILES string of the molecule is COc1ccc(O)c(C=NC[C@H](c2c(F)cccc2Cl)[NH+](C)C)c1. The fourth-order valence-corrected chi connectivity index (χ4v) is 2.72. The third kappa shape index (κ3) is 4.24. The van der Waals surface area contributed by atoms with Gasteiger partial charge in [-0.3, -0.25) is 4.99 Å². The van der Waals surface area contributed by atoms with Gasteiger partial charge < -0.3 is 14.7 Å². The second-order valence-corrected chi connectivity index (χ2v) is 6.09. The normalized spacial score (nSPS) is 12.8. The first kappa shape index (κ1) is 18.2. The van der Waals surface area contributed by atoms with E-state index >= 15 is 0 Å². The number of phenols is 1. The number of halogens is 2. The van der Waals surface area contributed by atoms with Crippen molar-refractivity contribution in [3.63, 3.8) is 0 Å². The van der Waals surface area contributed by atoms with Gasteiger partial charge in [0.05, 0.1) is 38.3 Å². The number of ether oxygens (including phenoxy) is 1. The maximum Gasteiger partial charge on any atom is 0.137 e. The van der Waals surface area contributed by atoms with Gasteiger partial charge in [0.25, 0.3) is 0 Å². The van der Waals surface area contributed by atoms with Gasteiger partial charge in [-0.05, 0) is 30.3 Å². The summed E-state index contributed by atoms with van der Waals surface area (Å²) in [5.41, 5.74) is 0.993. The molecule has 0 unspecified atom stereocenters. The summed E-state index contributed by atoms with van der Waals surface area (Å²) in [4.78, 5) is 5.38. The van der Waals surface area contributed by atoms with E-state index in [1.807, 2.05) is 14.1 Å². The molecule has 2 aromatic carbocycles. The lowest BCUT2D eigenvalue weighted by molar-refractivity contribution is -0.890. The Labute approximate surface area is 146 Å². The van der Waals surface area contributed by atoms with Crippen molar-refractivity contribution in [1.82, 2.24) is 0 Å². The molecule has 0 aromatic heterocycles. The van der Waals surface area contributed by atoms with E-state index in [9.17, 15) is 9.50 Å². The number of hydrogen-bond donors (Lipinski definition) is 2. The second-order valence-electron chi connectivity index (χ2n) is 5.68. The number of quaternary nitrogens is 1. The summed E-state index contributed by atoms with van der Waals surface area (Å²) in [7, 11) is 5.40. The number of aromatic hydroxyl groups is 1. The zero-order valence-corrected chi connectivity index (χ0v) is 14.6. The van der Waals surface area contributed by atoms with E-state index in [2.05, 4.69) is 4.99 Å². The Bertz CT molecular complexity index is 715. The molecule has 128 valence electrons. The quantitative estimate of drug-likeness (QED) is 0.785. The van der Waals surface area contributed by atoms with Gasteiger partial charge in [-0.25, -0.2) is 4.39 Å². The third-order valence-electron chi connectivity index (χ3n) is 3.80. The summed E-state index contributed by atoms with van der Waals surface area (Å²) in [6.45, 7) is 0.333. The van der Waals surface area contributed by atoms with Crippen molar-refractivity contribution in [1.29, 1.82) is 0 Å². The molecule has 2 N–H and O–H groups in total. The van der Waals surface area contributed by atoms with Crippen molar-refractivity contribution < 1.29 is 19.1 Å². The molecule has 0 aliphatic carbocycles. The van der Waals surface area contributed by atoms with Crippen molar-refractivity contribution in [3.05, 3.63) is 58.4 Å². The van der Waals surface area contributed by atoms with Crippen LogP contribution in [0.5, 0.6) is 11.5 Å². The third-order valence-corrected chi connectivity index (χ3v) is 4.13. The molecule has 24 heavy (non-hydrogen) atoms. The highest BCUT2D eigenvalue weighted by Crippen LogP contribution is 2.25. The highest BCUT2D eigenvalue weighted by atomic mass is 35.5. The highest BCUT2D eigenvalue weighted by Gasteiger charge is 2.23. The number of nitrogens with zero attached hydrogens (tertiary/aromatic N) is 1. The number of aliphatic imine (C=N–C) groups is 1. The van der Waals surface area contributed by atoms with Crippen molar-refractivity contribution in [2.45, 2.75) is 6.04 Å². The van der Waals surface area contributed by atoms with Crippen LogP contribution in [0.3, 0.4) is 0 Å². The number of rotatable bonds is 6. The van der Waals surface area contributed by atoms with E-state index in [-0.39, 0.29) is 17.6 Å². The predicted molar refractivity (Wildman–Crippen MR) is 94.1 cm³/mol. The topological polar surface area (TPSA) is 46.3 Å². The first-order chi connectivity index (χ1) is 11.4. The molecule has 0 saturated carbocycles. The Morgan fingerprint density at radius 3 is 2.71 bits per heavy atom. The lowest BCUT2D eigenvalue weighted by atomic mass is 10.1. The van der Waals surface area contributed by atoms with Crippen LogP contribution in [-0.4, -0.2) is 39.1 Å². The predicted octanol–water partition coefficient (Wildman–Crippen LogP) is 2.50. The smallest absolute Gasteiger partial charge is 0.137 e. The second kappa shape index (κ2) is 8.13. The zero-order chi connectivity index (χ0) is 17.7. The molecule has 4 nitrogen and oxygen atoms in total. The van der Waals surface area contributed by atoms with Crippen LogP contribution in [0.25, 0.3) is 0 Å². The number of nitrogens with one attached hydrogen (secondary N) is 1. The van der Waals surface area contributed by atoms with E-state index in [0.717, 1.165) is 4.90 Å². The summed E-state index contributed by atoms with van der Waals surface area (Å²) in [6.07, 6.45) is 1.56. The highest BCUT2D eigenvalue weighted by molar-refractivity contribution is 6.31. The average molecular weight is 352 g/mol. The monoisotopic (exact) mass is 351 g/mol. The average Bonchev–Trinajstić information content (AvgIpc) is 2.54. The van der Waals surface area contributed by atoms with Crippen LogP contribution >= 0.6 is 11.6 Å². The van der Waals surface area contributed by atoms with E-state index in [0.29, 0.717) is 28.4 Å². The van der Waals surface area contributed by atoms with Gasteiger partial charge in [-0.15, -0.1) is 0 Å². The summed E-state index contributed by atoms with van der Waals surface area (Å²) in [5.74, 6) is 0.395. The Morgan fingerprint density at radius 1 is 1.33 bits per heavy atom. The fourth-order valence-electron chi connectivity index (χ4n) is 2.43. The first-order valence-electron chi connectivity index (χ1n) is 7.54. The largest absolute Gasteiger partial charge is 0.507 e. The van der Waals surface area contributed by atoms with Gasteiger partial charge in [0.1, 0.15) is 23.4 Å². The minimum absolute atomic E-state index is 0.109. The Morgan fingerprint density at radius 2 is 2.08 bits per heavy atom. The van der Waals surface area contributed by atoms with Gasteiger partial charge in [0.15, 0.2) is 0 Å². The number of phenolic OH excluding ortho intramolecular Hbond substituents is 1. The Hall–Kier alpha value is -2.11. The minimum Gasteiger partial charge on any atom is -0.507 e. The molecule has 6 heteroatoms. The van der Waals surface area contributed by atoms with Gasteiger partial charge >= 0.3 is 0 Å². The van der Waals surface area contributed by atoms with Gasteiger partial charge in [0, 0.05) is 11.8 Å². The van der Waals surface area contributed by atoms with E-state index in [4.69, 9.17) is 16.3 Å².